The number of nitrogens with zero attached hydrogens (tertiary/aromatic N) is 1. The second-order valence-corrected chi connectivity index (χ2v) is 11.7. The average Bonchev–Trinajstić information content (AvgIpc) is 3.08. The van der Waals surface area contributed by atoms with Gasteiger partial charge in [0.25, 0.3) is 0 Å². The van der Waals surface area contributed by atoms with Gasteiger partial charge in [-0.3, -0.25) is 14.8 Å². The molecule has 2 amide bonds. The molecule has 0 saturated carbocycles. The molecule has 0 spiro atoms. The number of amides is 2. The number of carbonyl (C=O) groups is 2. The van der Waals surface area contributed by atoms with Gasteiger partial charge in [0.05, 0.1) is 18.8 Å². The number of piperidine rings is 1. The molecule has 2 aliphatic heterocycles. The Morgan fingerprint density at radius 3 is 2.30 bits per heavy atom. The summed E-state index contributed by atoms with van der Waals surface area (Å²) in [6, 6.07) is 24.3. The SMILES string of the molecule is O=C(CCCC(=O)NCc1cccc(-c2cccc([C@@H]3O[C@H](CN4CCCCC4)C[C@H](c4ccc(CO)cc4)O3)c2)c1)NO. The number of hydrogen-bond acceptors (Lipinski definition) is 7. The van der Waals surface area contributed by atoms with Crippen molar-refractivity contribution in [3.05, 3.63) is 95.1 Å². The lowest BCUT2D eigenvalue weighted by atomic mass is 9.98. The Balaban J connectivity index is 1.28. The summed E-state index contributed by atoms with van der Waals surface area (Å²) in [5, 5.41) is 21.0. The molecule has 0 aliphatic carbocycles. The maximum Gasteiger partial charge on any atom is 0.243 e. The number of hydrogen-bond donors (Lipinski definition) is 4. The van der Waals surface area contributed by atoms with Crippen molar-refractivity contribution in [2.45, 2.75) is 76.6 Å². The number of aliphatic hydroxyl groups is 1. The number of likely N-dealkylation sites (tertiary alicyclic amines) is 1. The Bertz CT molecular complexity index is 1370. The van der Waals surface area contributed by atoms with Crippen LogP contribution in [0.15, 0.2) is 72.8 Å². The molecule has 3 aromatic carbocycles. The molecular weight excluding hydrogens is 558 g/mol. The summed E-state index contributed by atoms with van der Waals surface area (Å²) in [5.74, 6) is -0.643. The summed E-state index contributed by atoms with van der Waals surface area (Å²) in [5.41, 5.74) is 7.51. The molecule has 9 nitrogen and oxygen atoms in total. The minimum atomic E-state index is -0.517. The fraction of sp³-hybridized carbons (Fsp3) is 0.429. The highest BCUT2D eigenvalue weighted by atomic mass is 16.7. The molecule has 9 heteroatoms. The first-order valence-corrected chi connectivity index (χ1v) is 15.6. The number of benzene rings is 3. The minimum absolute atomic E-state index is 0.0149. The molecule has 3 atom stereocenters. The van der Waals surface area contributed by atoms with Gasteiger partial charge < -0.3 is 24.8 Å². The Hall–Kier alpha value is -3.60. The van der Waals surface area contributed by atoms with Gasteiger partial charge in [0, 0.05) is 37.9 Å². The second kappa shape index (κ2) is 15.9. The molecule has 44 heavy (non-hydrogen) atoms. The summed E-state index contributed by atoms with van der Waals surface area (Å²) in [4.78, 5) is 25.9. The molecule has 234 valence electrons. The lowest BCUT2D eigenvalue weighted by Gasteiger charge is -2.39. The molecule has 0 radical (unpaired) electrons. The second-order valence-electron chi connectivity index (χ2n) is 11.7. The maximum atomic E-state index is 12.2. The van der Waals surface area contributed by atoms with Gasteiger partial charge in [-0.25, -0.2) is 5.48 Å². The highest BCUT2D eigenvalue weighted by molar-refractivity contribution is 5.78. The Labute approximate surface area is 259 Å². The molecular formula is C35H43N3O6. The molecule has 5 rings (SSSR count). The first kappa shape index (κ1) is 31.8. The van der Waals surface area contributed by atoms with E-state index in [0.29, 0.717) is 13.0 Å². The van der Waals surface area contributed by atoms with Crippen LogP contribution in [-0.4, -0.2) is 52.8 Å². The largest absolute Gasteiger partial charge is 0.392 e. The summed E-state index contributed by atoms with van der Waals surface area (Å²) in [7, 11) is 0. The first-order chi connectivity index (χ1) is 21.5. The van der Waals surface area contributed by atoms with Crippen LogP contribution < -0.4 is 10.8 Å². The minimum Gasteiger partial charge on any atom is -0.392 e. The Morgan fingerprint density at radius 1 is 0.818 bits per heavy atom. The molecule has 2 saturated heterocycles. The van der Waals surface area contributed by atoms with Crippen LogP contribution in [-0.2, 0) is 32.2 Å². The topological polar surface area (TPSA) is 120 Å². The third-order valence-corrected chi connectivity index (χ3v) is 8.37. The van der Waals surface area contributed by atoms with E-state index in [1.165, 1.54) is 19.3 Å². The van der Waals surface area contributed by atoms with Crippen LogP contribution in [0.3, 0.4) is 0 Å². The van der Waals surface area contributed by atoms with Gasteiger partial charge in [-0.05, 0) is 72.3 Å². The van der Waals surface area contributed by atoms with Crippen molar-refractivity contribution in [1.82, 2.24) is 15.7 Å². The van der Waals surface area contributed by atoms with E-state index in [1.807, 2.05) is 54.6 Å². The van der Waals surface area contributed by atoms with Crippen LogP contribution in [0, 0.1) is 0 Å². The van der Waals surface area contributed by atoms with Crippen LogP contribution >= 0.6 is 0 Å². The smallest absolute Gasteiger partial charge is 0.243 e. The zero-order valence-corrected chi connectivity index (χ0v) is 25.1. The van der Waals surface area contributed by atoms with Crippen LogP contribution in [0.1, 0.15) is 79.6 Å². The molecule has 4 N–H and O–H groups in total. The molecule has 0 unspecified atom stereocenters. The monoisotopic (exact) mass is 601 g/mol. The van der Waals surface area contributed by atoms with E-state index < -0.39 is 12.2 Å². The van der Waals surface area contributed by atoms with Gasteiger partial charge in [-0.2, -0.15) is 0 Å². The zero-order chi connectivity index (χ0) is 30.7. The zero-order valence-electron chi connectivity index (χ0n) is 25.1. The molecule has 2 fully saturated rings. The normalized spacial score (nSPS) is 20.6. The summed E-state index contributed by atoms with van der Waals surface area (Å²) in [6.07, 6.45) is 4.59. The van der Waals surface area contributed by atoms with Crippen LogP contribution in [0.25, 0.3) is 11.1 Å². The predicted molar refractivity (Wildman–Crippen MR) is 166 cm³/mol. The van der Waals surface area contributed by atoms with E-state index in [-0.39, 0.29) is 37.6 Å². The van der Waals surface area contributed by atoms with Gasteiger partial charge in [-0.1, -0.05) is 67.1 Å². The van der Waals surface area contributed by atoms with Gasteiger partial charge in [0.2, 0.25) is 11.8 Å². The highest BCUT2D eigenvalue weighted by Gasteiger charge is 2.33. The van der Waals surface area contributed by atoms with E-state index >= 15 is 0 Å². The first-order valence-electron chi connectivity index (χ1n) is 15.6. The van der Waals surface area contributed by atoms with Gasteiger partial charge >= 0.3 is 0 Å². The van der Waals surface area contributed by atoms with Crippen molar-refractivity contribution in [2.75, 3.05) is 19.6 Å². The fourth-order valence-corrected chi connectivity index (χ4v) is 5.94. The molecule has 0 bridgehead atoms. The Kier molecular flexibility index (Phi) is 11.5. The van der Waals surface area contributed by atoms with Crippen LogP contribution in [0.5, 0.6) is 0 Å². The quantitative estimate of drug-likeness (QED) is 0.167. The van der Waals surface area contributed by atoms with Crippen LogP contribution in [0.2, 0.25) is 0 Å². The maximum absolute atomic E-state index is 12.2. The lowest BCUT2D eigenvalue weighted by molar-refractivity contribution is -0.253. The number of aliphatic hydroxyl groups excluding tert-OH is 1. The van der Waals surface area contributed by atoms with E-state index in [1.54, 1.807) is 5.48 Å². The number of ether oxygens (including phenoxy) is 2. The van der Waals surface area contributed by atoms with Gasteiger partial charge in [0.1, 0.15) is 0 Å². The number of hydroxylamine groups is 1. The van der Waals surface area contributed by atoms with E-state index in [9.17, 15) is 14.7 Å². The molecule has 0 aromatic heterocycles. The molecule has 3 aromatic rings. The fourth-order valence-electron chi connectivity index (χ4n) is 5.94. The van der Waals surface area contributed by atoms with Crippen LogP contribution in [0.4, 0.5) is 0 Å². The lowest BCUT2D eigenvalue weighted by Crippen LogP contribution is -2.41. The van der Waals surface area contributed by atoms with Crippen molar-refractivity contribution in [2.24, 2.45) is 0 Å². The number of nitrogens with one attached hydrogen (secondary N) is 2. The average molecular weight is 602 g/mol. The Morgan fingerprint density at radius 2 is 1.55 bits per heavy atom. The van der Waals surface area contributed by atoms with Crippen molar-refractivity contribution in [3.8, 4) is 11.1 Å². The van der Waals surface area contributed by atoms with E-state index in [0.717, 1.165) is 59.4 Å². The third kappa shape index (κ3) is 8.97. The van der Waals surface area contributed by atoms with E-state index in [2.05, 4.69) is 28.4 Å². The predicted octanol–water partition coefficient (Wildman–Crippen LogP) is 5.17. The highest BCUT2D eigenvalue weighted by Crippen LogP contribution is 2.39. The van der Waals surface area contributed by atoms with Crippen molar-refractivity contribution >= 4 is 11.8 Å². The van der Waals surface area contributed by atoms with Crippen molar-refractivity contribution < 1.29 is 29.4 Å². The summed E-state index contributed by atoms with van der Waals surface area (Å²) < 4.78 is 13.2. The number of rotatable bonds is 12. The number of carbonyl (C=O) groups excluding carboxylic acids is 2. The van der Waals surface area contributed by atoms with Gasteiger partial charge in [-0.15, -0.1) is 0 Å². The third-order valence-electron chi connectivity index (χ3n) is 8.37. The van der Waals surface area contributed by atoms with Crippen molar-refractivity contribution in [3.63, 3.8) is 0 Å². The molecule has 2 aliphatic rings. The van der Waals surface area contributed by atoms with E-state index in [4.69, 9.17) is 14.7 Å². The van der Waals surface area contributed by atoms with Crippen molar-refractivity contribution in [1.29, 1.82) is 0 Å². The van der Waals surface area contributed by atoms with Gasteiger partial charge in [0.15, 0.2) is 6.29 Å². The summed E-state index contributed by atoms with van der Waals surface area (Å²) in [6.45, 7) is 3.49. The summed E-state index contributed by atoms with van der Waals surface area (Å²) >= 11 is 0. The molecule has 2 heterocycles. The standard InChI is InChI=1S/C35H43N3O6/c39-24-25-13-15-27(16-14-25)32-21-31(23-38-17-2-1-3-18-38)43-35(44-32)30-10-5-9-29(20-30)28-8-4-7-26(19-28)22-36-33(40)11-6-12-34(41)37-42/h4-5,7-10,13-16,19-20,31-32,35,39,42H,1-3,6,11-12,17-18,21-24H2,(H,36,40)(H,37,41)/t31-,32+,35+/m0/s1.